The largest absolute Gasteiger partial charge is 0.425 e. The lowest BCUT2D eigenvalue weighted by molar-refractivity contribution is -0.149. The third kappa shape index (κ3) is 5.27. The van der Waals surface area contributed by atoms with Gasteiger partial charge in [-0.15, -0.1) is 0 Å². The summed E-state index contributed by atoms with van der Waals surface area (Å²) in [4.78, 5) is 32.0. The van der Waals surface area contributed by atoms with Crippen molar-refractivity contribution in [1.82, 2.24) is 30.3 Å². The molecule has 4 heterocycles. The Balaban J connectivity index is 1.31. The van der Waals surface area contributed by atoms with Gasteiger partial charge in [0.05, 0.1) is 32.5 Å². The Morgan fingerprint density at radius 2 is 1.95 bits per heavy atom. The van der Waals surface area contributed by atoms with Crippen LogP contribution in [-0.4, -0.2) is 70.2 Å². The molecule has 1 saturated carbocycles. The highest BCUT2D eigenvalue weighted by Gasteiger charge is 2.56. The molecule has 16 heteroatoms. The van der Waals surface area contributed by atoms with Crippen LogP contribution in [-0.2, 0) is 32.0 Å². The van der Waals surface area contributed by atoms with E-state index < -0.39 is 50.2 Å². The van der Waals surface area contributed by atoms with Gasteiger partial charge in [-0.2, -0.15) is 10.4 Å². The van der Waals surface area contributed by atoms with Gasteiger partial charge in [-0.3, -0.25) is 19.8 Å². The van der Waals surface area contributed by atoms with E-state index in [1.54, 1.807) is 30.2 Å². The monoisotopic (exact) mass is 661 g/mol. The lowest BCUT2D eigenvalue weighted by atomic mass is 9.82. The zero-order valence-electron chi connectivity index (χ0n) is 23.3. The van der Waals surface area contributed by atoms with E-state index >= 15 is 4.39 Å². The number of nitrogens with one attached hydrogen (secondary N) is 2. The van der Waals surface area contributed by atoms with Gasteiger partial charge in [-0.25, -0.2) is 17.6 Å². The minimum absolute atomic E-state index is 0.0272. The highest BCUT2D eigenvalue weighted by Crippen LogP contribution is 2.40. The van der Waals surface area contributed by atoms with Crippen LogP contribution in [0.2, 0.25) is 10.0 Å². The van der Waals surface area contributed by atoms with E-state index in [9.17, 15) is 23.3 Å². The van der Waals surface area contributed by atoms with E-state index in [4.69, 9.17) is 27.9 Å². The van der Waals surface area contributed by atoms with Gasteiger partial charge >= 0.3 is 6.09 Å². The second-order valence-corrected chi connectivity index (χ2v) is 14.2. The minimum Gasteiger partial charge on any atom is -0.425 e. The van der Waals surface area contributed by atoms with Crippen LogP contribution in [0.1, 0.15) is 31.4 Å². The summed E-state index contributed by atoms with van der Waals surface area (Å²) in [5.74, 6) is -1.53. The molecule has 12 nitrogen and oxygen atoms in total. The molecule has 1 unspecified atom stereocenters. The Labute approximate surface area is 262 Å². The van der Waals surface area contributed by atoms with Crippen LogP contribution in [0.3, 0.4) is 0 Å². The van der Waals surface area contributed by atoms with Crippen molar-refractivity contribution in [3.05, 3.63) is 64.4 Å². The third-order valence-electron chi connectivity index (χ3n) is 8.24. The number of alkyl carbamates (subject to hydrolysis) is 1. The number of carbonyl (C=O) groups is 2. The van der Waals surface area contributed by atoms with Crippen molar-refractivity contribution in [3.63, 3.8) is 0 Å². The standard InChI is InChI=1S/C28H26Cl2FN7O5S/c1-37-13-17(11-35-37)16-2-3-22(20(30)8-16)44(41,42)19-10-23(43-26(40)36-27(15-32)4-5-27)38(14-19)25(39)28(6-7-34-28)24-21(31)9-18(29)12-33-24/h2-3,8-9,11-13,19,23,34H,4-7,10,14H2,1H3,(H,36,40)/t19-,23+,28?/m1/s1. The number of aryl methyl sites for hydroxylation is 1. The van der Waals surface area contributed by atoms with Gasteiger partial charge in [0.2, 0.25) is 0 Å². The molecule has 2 saturated heterocycles. The molecule has 3 aliphatic rings. The summed E-state index contributed by atoms with van der Waals surface area (Å²) in [6, 6.07) is 7.56. The van der Waals surface area contributed by atoms with E-state index in [-0.39, 0.29) is 40.0 Å². The first-order valence-electron chi connectivity index (χ1n) is 13.7. The highest BCUT2D eigenvalue weighted by molar-refractivity contribution is 7.92. The van der Waals surface area contributed by atoms with E-state index in [0.717, 1.165) is 16.5 Å². The van der Waals surface area contributed by atoms with Crippen LogP contribution in [0.4, 0.5) is 9.18 Å². The molecule has 3 fully saturated rings. The Morgan fingerprint density at radius 3 is 2.52 bits per heavy atom. The second kappa shape index (κ2) is 11.0. The summed E-state index contributed by atoms with van der Waals surface area (Å²) in [6.45, 7) is -0.0114. The fourth-order valence-corrected chi connectivity index (χ4v) is 7.92. The fraction of sp³-hybridized carbons (Fsp3) is 0.393. The summed E-state index contributed by atoms with van der Waals surface area (Å²) < 4.78 is 50.1. The highest BCUT2D eigenvalue weighted by atomic mass is 35.5. The van der Waals surface area contributed by atoms with Gasteiger partial charge in [0.1, 0.15) is 22.6 Å². The average Bonchev–Trinajstić information content (AvgIpc) is 3.36. The predicted molar refractivity (Wildman–Crippen MR) is 155 cm³/mol. The number of halogens is 3. The van der Waals surface area contributed by atoms with Gasteiger partial charge in [-0.1, -0.05) is 29.3 Å². The van der Waals surface area contributed by atoms with Crippen molar-refractivity contribution in [2.24, 2.45) is 7.05 Å². The van der Waals surface area contributed by atoms with Crippen molar-refractivity contribution >= 4 is 45.0 Å². The van der Waals surface area contributed by atoms with E-state index in [0.29, 0.717) is 24.9 Å². The molecule has 0 radical (unpaired) electrons. The van der Waals surface area contributed by atoms with Crippen molar-refractivity contribution in [2.75, 3.05) is 13.1 Å². The number of nitriles is 1. The normalized spacial score (nSPS) is 23.8. The molecule has 1 aliphatic carbocycles. The fourth-order valence-electron chi connectivity index (χ4n) is 5.55. The zero-order chi connectivity index (χ0) is 31.4. The number of hydrogen-bond donors (Lipinski definition) is 2. The van der Waals surface area contributed by atoms with Crippen molar-refractivity contribution in [1.29, 1.82) is 5.26 Å². The molecule has 3 aromatic rings. The first-order chi connectivity index (χ1) is 20.9. The van der Waals surface area contributed by atoms with Gasteiger partial charge in [0.15, 0.2) is 16.1 Å². The van der Waals surface area contributed by atoms with Crippen LogP contribution in [0.15, 0.2) is 47.8 Å². The van der Waals surface area contributed by atoms with Crippen molar-refractivity contribution in [2.45, 2.75) is 53.1 Å². The van der Waals surface area contributed by atoms with Crippen LogP contribution in [0, 0.1) is 17.1 Å². The van der Waals surface area contributed by atoms with Gasteiger partial charge in [-0.05, 0) is 49.6 Å². The molecular formula is C28H26Cl2FN7O5S. The number of amides is 2. The number of benzene rings is 1. The molecule has 2 N–H and O–H groups in total. The van der Waals surface area contributed by atoms with Gasteiger partial charge < -0.3 is 15.0 Å². The minimum atomic E-state index is -4.18. The molecule has 44 heavy (non-hydrogen) atoms. The van der Waals surface area contributed by atoms with Crippen LogP contribution in [0.25, 0.3) is 11.1 Å². The summed E-state index contributed by atoms with van der Waals surface area (Å²) in [5.41, 5.74) is -1.50. The Bertz CT molecular complexity index is 1820. The van der Waals surface area contributed by atoms with Crippen LogP contribution < -0.4 is 10.6 Å². The first kappa shape index (κ1) is 30.3. The Kier molecular flexibility index (Phi) is 7.56. The van der Waals surface area contributed by atoms with Gasteiger partial charge in [0.25, 0.3) is 5.91 Å². The van der Waals surface area contributed by atoms with Crippen LogP contribution in [0.5, 0.6) is 0 Å². The summed E-state index contributed by atoms with van der Waals surface area (Å²) in [5, 5.41) is 17.7. The molecule has 2 aliphatic heterocycles. The Hall–Kier alpha value is -3.77. The third-order valence-corrected chi connectivity index (χ3v) is 11.1. The molecule has 2 aromatic heterocycles. The number of likely N-dealkylation sites (tertiary alicyclic amines) is 1. The molecule has 230 valence electrons. The zero-order valence-corrected chi connectivity index (χ0v) is 25.6. The van der Waals surface area contributed by atoms with E-state index in [1.807, 2.05) is 6.07 Å². The predicted octanol–water partition coefficient (Wildman–Crippen LogP) is 3.30. The number of hydrogen-bond acceptors (Lipinski definition) is 9. The number of pyridine rings is 1. The molecule has 1 aromatic carbocycles. The lowest BCUT2D eigenvalue weighted by Gasteiger charge is -2.44. The number of aromatic nitrogens is 3. The summed E-state index contributed by atoms with van der Waals surface area (Å²) >= 11 is 12.4. The molecule has 0 spiro atoms. The Morgan fingerprint density at radius 1 is 1.20 bits per heavy atom. The van der Waals surface area contributed by atoms with Crippen LogP contribution >= 0.6 is 23.2 Å². The number of ether oxygens (including phenoxy) is 1. The topological polar surface area (TPSA) is 159 Å². The maximum Gasteiger partial charge on any atom is 0.410 e. The second-order valence-electron chi connectivity index (χ2n) is 11.2. The number of sulfone groups is 1. The smallest absolute Gasteiger partial charge is 0.410 e. The molecule has 3 atom stereocenters. The lowest BCUT2D eigenvalue weighted by Crippen LogP contribution is -2.65. The SMILES string of the molecule is Cn1cc(-c2ccc(S(=O)(=O)[C@@H]3C[C@H](OC(=O)NC4(C#N)CC4)N(C(=O)C4(c5ncc(Cl)cc5F)CCN4)C3)c(Cl)c2)cn1. The maximum absolute atomic E-state index is 15.0. The first-order valence-corrected chi connectivity index (χ1v) is 16.0. The maximum atomic E-state index is 15.0. The molecule has 6 rings (SSSR count). The number of carbonyl (C=O) groups excluding carboxylic acids is 2. The van der Waals surface area contributed by atoms with Crippen molar-refractivity contribution in [3.8, 4) is 17.2 Å². The number of nitrogens with zero attached hydrogens (tertiary/aromatic N) is 5. The summed E-state index contributed by atoms with van der Waals surface area (Å²) in [7, 11) is -2.43. The van der Waals surface area contributed by atoms with Crippen molar-refractivity contribution < 1.29 is 27.1 Å². The average molecular weight is 663 g/mol. The molecular weight excluding hydrogens is 636 g/mol. The quantitative estimate of drug-likeness (QED) is 0.387. The molecule has 2 amide bonds. The van der Waals surface area contributed by atoms with E-state index in [2.05, 4.69) is 20.7 Å². The molecule has 0 bridgehead atoms. The van der Waals surface area contributed by atoms with Gasteiger partial charge in [0, 0.05) is 38.0 Å². The van der Waals surface area contributed by atoms with E-state index in [1.165, 1.54) is 18.3 Å². The number of rotatable bonds is 7. The summed E-state index contributed by atoms with van der Waals surface area (Å²) in [6.07, 6.45) is 3.01.